The van der Waals surface area contributed by atoms with Crippen LogP contribution < -0.4 is 11.1 Å². The van der Waals surface area contributed by atoms with Gasteiger partial charge in [-0.15, -0.1) is 0 Å². The quantitative estimate of drug-likeness (QED) is 0.520. The summed E-state index contributed by atoms with van der Waals surface area (Å²) >= 11 is 0. The third-order valence-corrected chi connectivity index (χ3v) is 6.08. The fraction of sp³-hybridized carbons (Fsp3) is 0.462. The molecular formula is C13H17N3O4S. The highest BCUT2D eigenvalue weighted by Gasteiger charge is 2.45. The number of phenols is 1. The van der Waals surface area contributed by atoms with Crippen LogP contribution in [0.15, 0.2) is 23.1 Å². The number of fused-ring (bicyclic) bond motifs is 1. The van der Waals surface area contributed by atoms with Crippen LogP contribution in [0.1, 0.15) is 12.8 Å². The van der Waals surface area contributed by atoms with Crippen LogP contribution in [0.4, 0.5) is 5.69 Å². The van der Waals surface area contributed by atoms with Crippen molar-refractivity contribution in [1.29, 1.82) is 0 Å². The van der Waals surface area contributed by atoms with Gasteiger partial charge in [0.2, 0.25) is 15.9 Å². The number of nitrogens with two attached hydrogens (primary N) is 1. The fourth-order valence-electron chi connectivity index (χ4n) is 3.04. The molecule has 0 bridgehead atoms. The van der Waals surface area contributed by atoms with Crippen LogP contribution in [-0.4, -0.2) is 42.9 Å². The number of hydrogen-bond acceptors (Lipinski definition) is 5. The van der Waals surface area contributed by atoms with Crippen molar-refractivity contribution in [2.75, 3.05) is 18.8 Å². The maximum Gasteiger partial charge on any atom is 0.243 e. The van der Waals surface area contributed by atoms with Gasteiger partial charge in [-0.2, -0.15) is 4.31 Å². The Morgan fingerprint density at radius 1 is 1.38 bits per heavy atom. The van der Waals surface area contributed by atoms with E-state index < -0.39 is 10.0 Å². The highest BCUT2D eigenvalue weighted by atomic mass is 32.2. The van der Waals surface area contributed by atoms with Crippen LogP contribution in [0.3, 0.4) is 0 Å². The summed E-state index contributed by atoms with van der Waals surface area (Å²) in [5.74, 6) is -0.503. The van der Waals surface area contributed by atoms with Gasteiger partial charge in [-0.25, -0.2) is 8.42 Å². The van der Waals surface area contributed by atoms with Crippen molar-refractivity contribution in [3.8, 4) is 5.75 Å². The van der Waals surface area contributed by atoms with Crippen molar-refractivity contribution < 1.29 is 18.3 Å². The molecule has 2 heterocycles. The number of anilines is 1. The number of phenolic OH excluding ortho intramolecular Hbond substituents is 1. The molecule has 7 nitrogen and oxygen atoms in total. The number of carbonyl (C=O) groups is 1. The lowest BCUT2D eigenvalue weighted by atomic mass is 9.93. The zero-order chi connectivity index (χ0) is 15.2. The minimum Gasteiger partial charge on any atom is -0.506 e. The second kappa shape index (κ2) is 4.88. The van der Waals surface area contributed by atoms with Crippen molar-refractivity contribution >= 4 is 21.6 Å². The summed E-state index contributed by atoms with van der Waals surface area (Å²) in [5.41, 5.74) is 5.60. The lowest BCUT2D eigenvalue weighted by molar-refractivity contribution is -0.123. The second-order valence-electron chi connectivity index (χ2n) is 5.40. The summed E-state index contributed by atoms with van der Waals surface area (Å²) in [5, 5.41) is 12.1. The van der Waals surface area contributed by atoms with E-state index in [-0.39, 0.29) is 34.2 Å². The smallest absolute Gasteiger partial charge is 0.243 e. The molecule has 2 unspecified atom stereocenters. The molecule has 0 radical (unpaired) electrons. The maximum atomic E-state index is 12.7. The first kappa shape index (κ1) is 14.2. The Morgan fingerprint density at radius 3 is 2.86 bits per heavy atom. The molecule has 2 saturated heterocycles. The average molecular weight is 311 g/mol. The number of nitrogens with one attached hydrogen (secondary N) is 1. The minimum atomic E-state index is -3.73. The zero-order valence-electron chi connectivity index (χ0n) is 11.3. The SMILES string of the molecule is Nc1cc(S(=O)(=O)N2CCCC3C(=O)NCC32)ccc1O. The molecule has 1 amide bonds. The van der Waals surface area contributed by atoms with Gasteiger partial charge in [0.15, 0.2) is 0 Å². The van der Waals surface area contributed by atoms with Gasteiger partial charge in [-0.05, 0) is 31.0 Å². The molecule has 2 atom stereocenters. The molecule has 2 aliphatic rings. The minimum absolute atomic E-state index is 0.0188. The topological polar surface area (TPSA) is 113 Å². The van der Waals surface area contributed by atoms with Gasteiger partial charge >= 0.3 is 0 Å². The van der Waals surface area contributed by atoms with Crippen LogP contribution in [0.25, 0.3) is 0 Å². The van der Waals surface area contributed by atoms with Gasteiger partial charge in [0.05, 0.1) is 22.5 Å². The van der Waals surface area contributed by atoms with Gasteiger partial charge in [0.25, 0.3) is 0 Å². The van der Waals surface area contributed by atoms with Crippen LogP contribution in [0.2, 0.25) is 0 Å². The van der Waals surface area contributed by atoms with Crippen molar-refractivity contribution in [3.63, 3.8) is 0 Å². The lowest BCUT2D eigenvalue weighted by Gasteiger charge is -2.34. The van der Waals surface area contributed by atoms with E-state index in [1.807, 2.05) is 0 Å². The van der Waals surface area contributed by atoms with Crippen LogP contribution in [0.5, 0.6) is 5.75 Å². The van der Waals surface area contributed by atoms with Crippen molar-refractivity contribution in [1.82, 2.24) is 9.62 Å². The van der Waals surface area contributed by atoms with Crippen molar-refractivity contribution in [3.05, 3.63) is 18.2 Å². The molecule has 4 N–H and O–H groups in total. The third-order valence-electron chi connectivity index (χ3n) is 4.16. The highest BCUT2D eigenvalue weighted by Crippen LogP contribution is 2.33. The molecular weight excluding hydrogens is 294 g/mol. The number of carbonyl (C=O) groups excluding carboxylic acids is 1. The van der Waals surface area contributed by atoms with Crippen LogP contribution in [0, 0.1) is 5.92 Å². The predicted octanol–water partition coefficient (Wildman–Crippen LogP) is -0.127. The summed E-state index contributed by atoms with van der Waals surface area (Å²) < 4.78 is 26.9. The van der Waals surface area contributed by atoms with Crippen LogP contribution in [-0.2, 0) is 14.8 Å². The maximum absolute atomic E-state index is 12.7. The number of benzene rings is 1. The Bertz CT molecular complexity index is 689. The van der Waals surface area contributed by atoms with E-state index >= 15 is 0 Å². The first-order chi connectivity index (χ1) is 9.91. The summed E-state index contributed by atoms with van der Waals surface area (Å²) in [6, 6.07) is 3.50. The largest absolute Gasteiger partial charge is 0.506 e. The number of nitrogen functional groups attached to an aromatic ring is 1. The van der Waals surface area contributed by atoms with E-state index in [4.69, 9.17) is 5.73 Å². The van der Waals surface area contributed by atoms with E-state index in [0.29, 0.717) is 25.9 Å². The van der Waals surface area contributed by atoms with Gasteiger partial charge in [0.1, 0.15) is 5.75 Å². The fourth-order valence-corrected chi connectivity index (χ4v) is 4.77. The lowest BCUT2D eigenvalue weighted by Crippen LogP contribution is -2.48. The molecule has 2 aliphatic heterocycles. The predicted molar refractivity (Wildman–Crippen MR) is 75.9 cm³/mol. The van der Waals surface area contributed by atoms with Crippen LogP contribution >= 0.6 is 0 Å². The Morgan fingerprint density at radius 2 is 2.14 bits per heavy atom. The Labute approximate surface area is 122 Å². The van der Waals surface area contributed by atoms with Gasteiger partial charge in [-0.1, -0.05) is 0 Å². The normalized spacial score (nSPS) is 26.4. The first-order valence-corrected chi connectivity index (χ1v) is 8.23. The summed E-state index contributed by atoms with van der Waals surface area (Å²) in [7, 11) is -3.73. The first-order valence-electron chi connectivity index (χ1n) is 6.79. The summed E-state index contributed by atoms with van der Waals surface area (Å²) in [6.07, 6.45) is 1.36. The molecule has 2 fully saturated rings. The number of hydrogen-bond donors (Lipinski definition) is 3. The molecule has 0 aromatic heterocycles. The summed E-state index contributed by atoms with van der Waals surface area (Å²) in [6.45, 7) is 0.732. The Balaban J connectivity index is 1.97. The molecule has 1 aromatic rings. The standard InChI is InChI=1S/C13H17N3O4S/c14-10-6-8(3-4-12(10)17)21(19,20)16-5-1-2-9-11(16)7-15-13(9)18/h3-4,6,9,11,17H,1-2,5,7,14H2,(H,15,18). The average Bonchev–Trinajstić information content (AvgIpc) is 2.83. The Kier molecular flexibility index (Phi) is 3.29. The molecule has 21 heavy (non-hydrogen) atoms. The highest BCUT2D eigenvalue weighted by molar-refractivity contribution is 7.89. The van der Waals surface area contributed by atoms with E-state index in [1.54, 1.807) is 0 Å². The number of amides is 1. The van der Waals surface area contributed by atoms with E-state index in [9.17, 15) is 18.3 Å². The van der Waals surface area contributed by atoms with E-state index in [1.165, 1.54) is 22.5 Å². The Hall–Kier alpha value is -1.80. The number of piperidine rings is 1. The van der Waals surface area contributed by atoms with Crippen molar-refractivity contribution in [2.45, 2.75) is 23.8 Å². The molecule has 0 saturated carbocycles. The zero-order valence-corrected chi connectivity index (χ0v) is 12.1. The number of sulfonamides is 1. The number of nitrogens with zero attached hydrogens (tertiary/aromatic N) is 1. The van der Waals surface area contributed by atoms with Crippen molar-refractivity contribution in [2.24, 2.45) is 5.92 Å². The number of rotatable bonds is 2. The summed E-state index contributed by atoms with van der Waals surface area (Å²) in [4.78, 5) is 11.8. The molecule has 0 aliphatic carbocycles. The third kappa shape index (κ3) is 2.24. The monoisotopic (exact) mass is 311 g/mol. The van der Waals surface area contributed by atoms with E-state index in [0.717, 1.165) is 0 Å². The molecule has 3 rings (SSSR count). The number of aromatic hydroxyl groups is 1. The van der Waals surface area contributed by atoms with Gasteiger partial charge in [0, 0.05) is 13.1 Å². The van der Waals surface area contributed by atoms with E-state index in [2.05, 4.69) is 5.32 Å². The molecule has 1 aromatic carbocycles. The van der Waals surface area contributed by atoms with Gasteiger partial charge < -0.3 is 16.2 Å². The molecule has 114 valence electrons. The molecule has 0 spiro atoms. The van der Waals surface area contributed by atoms with Gasteiger partial charge in [-0.3, -0.25) is 4.79 Å². The molecule has 8 heteroatoms. The second-order valence-corrected chi connectivity index (χ2v) is 7.29.